The highest BCUT2D eigenvalue weighted by molar-refractivity contribution is 5.98. The number of rotatable bonds is 6. The molecule has 0 spiro atoms. The third-order valence-electron chi connectivity index (χ3n) is 3.90. The van der Waals surface area contributed by atoms with Crippen molar-refractivity contribution in [2.45, 2.75) is 32.7 Å². The van der Waals surface area contributed by atoms with Crippen LogP contribution in [0.25, 0.3) is 0 Å². The Labute approximate surface area is 123 Å². The second-order valence-corrected chi connectivity index (χ2v) is 5.37. The summed E-state index contributed by atoms with van der Waals surface area (Å²) >= 11 is 0. The van der Waals surface area contributed by atoms with E-state index in [-0.39, 0.29) is 23.2 Å². The molecule has 21 heavy (non-hydrogen) atoms. The molecule has 2 rings (SSSR count). The van der Waals surface area contributed by atoms with Crippen LogP contribution >= 0.6 is 0 Å². The molecule has 1 unspecified atom stereocenters. The molecule has 1 aromatic heterocycles. The topological polar surface area (TPSA) is 88.4 Å². The normalized spacial score (nSPS) is 15.4. The number of carbonyl (C=O) groups excluding carboxylic acids is 1. The largest absolute Gasteiger partial charge is 0.370 e. The molecule has 0 bridgehead atoms. The van der Waals surface area contributed by atoms with Gasteiger partial charge in [-0.25, -0.2) is 4.98 Å². The Morgan fingerprint density at radius 1 is 1.62 bits per heavy atom. The van der Waals surface area contributed by atoms with Gasteiger partial charge in [0.2, 0.25) is 0 Å². The first kappa shape index (κ1) is 15.2. The molecule has 1 aliphatic rings. The molecule has 1 amide bonds. The third kappa shape index (κ3) is 3.29. The first-order chi connectivity index (χ1) is 9.95. The van der Waals surface area contributed by atoms with Gasteiger partial charge in [-0.15, -0.1) is 0 Å². The maximum absolute atomic E-state index is 12.6. The number of nitro groups is 1. The number of anilines is 1. The van der Waals surface area contributed by atoms with Gasteiger partial charge in [-0.3, -0.25) is 14.9 Å². The first-order valence-electron chi connectivity index (χ1n) is 7.11. The summed E-state index contributed by atoms with van der Waals surface area (Å²) < 4.78 is 0. The zero-order valence-corrected chi connectivity index (χ0v) is 12.5. The van der Waals surface area contributed by atoms with Gasteiger partial charge in [0.1, 0.15) is 17.6 Å². The molecule has 1 saturated carbocycles. The van der Waals surface area contributed by atoms with Gasteiger partial charge >= 0.3 is 0 Å². The predicted molar refractivity (Wildman–Crippen MR) is 79.3 cm³/mol. The smallest absolute Gasteiger partial charge is 0.300 e. The number of nitrogens with one attached hydrogen (secondary N) is 1. The van der Waals surface area contributed by atoms with Gasteiger partial charge in [-0.1, -0.05) is 0 Å². The number of hydrogen-bond acceptors (Lipinski definition) is 5. The summed E-state index contributed by atoms with van der Waals surface area (Å²) in [6.45, 7) is 4.51. The molecule has 7 nitrogen and oxygen atoms in total. The summed E-state index contributed by atoms with van der Waals surface area (Å²) in [6, 6.07) is 1.55. The zero-order chi connectivity index (χ0) is 15.6. The van der Waals surface area contributed by atoms with Crippen LogP contribution in [0.4, 0.5) is 11.5 Å². The number of aromatic nitrogens is 1. The van der Waals surface area contributed by atoms with Crippen molar-refractivity contribution in [2.75, 3.05) is 18.9 Å². The van der Waals surface area contributed by atoms with E-state index in [4.69, 9.17) is 0 Å². The molecule has 0 aromatic carbocycles. The van der Waals surface area contributed by atoms with Gasteiger partial charge < -0.3 is 10.2 Å². The monoisotopic (exact) mass is 292 g/mol. The Hall–Kier alpha value is -2.18. The lowest BCUT2D eigenvalue weighted by molar-refractivity contribution is -0.385. The van der Waals surface area contributed by atoms with Crippen molar-refractivity contribution in [3.63, 3.8) is 0 Å². The average Bonchev–Trinajstić information content (AvgIpc) is 3.29. The molecule has 0 aliphatic heterocycles. The maximum atomic E-state index is 12.6. The van der Waals surface area contributed by atoms with Crippen LogP contribution in [0.5, 0.6) is 0 Å². The summed E-state index contributed by atoms with van der Waals surface area (Å²) in [7, 11) is 1.70. The molecule has 114 valence electrons. The summed E-state index contributed by atoms with van der Waals surface area (Å²) in [4.78, 5) is 28.7. The summed E-state index contributed by atoms with van der Waals surface area (Å²) in [5.74, 6) is 0.648. The van der Waals surface area contributed by atoms with Gasteiger partial charge in [0.15, 0.2) is 0 Å². The van der Waals surface area contributed by atoms with Crippen LogP contribution in [-0.4, -0.2) is 40.3 Å². The van der Waals surface area contributed by atoms with Gasteiger partial charge in [0.25, 0.3) is 11.6 Å². The third-order valence-corrected chi connectivity index (χ3v) is 3.90. The summed E-state index contributed by atoms with van der Waals surface area (Å²) in [5, 5.41) is 14.1. The van der Waals surface area contributed by atoms with Crippen molar-refractivity contribution in [1.82, 2.24) is 9.88 Å². The number of nitrogens with zero attached hydrogens (tertiary/aromatic N) is 3. The maximum Gasteiger partial charge on any atom is 0.300 e. The van der Waals surface area contributed by atoms with Crippen LogP contribution in [0.3, 0.4) is 0 Å². The van der Waals surface area contributed by atoms with Gasteiger partial charge in [-0.2, -0.15) is 0 Å². The molecule has 7 heteroatoms. The lowest BCUT2D eigenvalue weighted by Crippen LogP contribution is -2.36. The van der Waals surface area contributed by atoms with Crippen LogP contribution in [0.15, 0.2) is 12.3 Å². The number of hydrogen-bond donors (Lipinski definition) is 1. The predicted octanol–water partition coefficient (Wildman–Crippen LogP) is 2.29. The quantitative estimate of drug-likeness (QED) is 0.642. The summed E-state index contributed by atoms with van der Waals surface area (Å²) in [6.07, 6.45) is 3.36. The Kier molecular flexibility index (Phi) is 4.40. The van der Waals surface area contributed by atoms with Gasteiger partial charge in [0, 0.05) is 25.7 Å². The molecular weight excluding hydrogens is 272 g/mol. The fourth-order valence-electron chi connectivity index (χ4n) is 2.31. The highest BCUT2D eigenvalue weighted by Gasteiger charge is 2.34. The van der Waals surface area contributed by atoms with E-state index in [1.807, 2.05) is 13.8 Å². The molecule has 1 fully saturated rings. The molecular formula is C14H20N4O3. The molecule has 1 N–H and O–H groups in total. The van der Waals surface area contributed by atoms with Crippen LogP contribution in [-0.2, 0) is 0 Å². The molecule has 1 aliphatic carbocycles. The Balaban J connectivity index is 2.32. The zero-order valence-electron chi connectivity index (χ0n) is 12.5. The van der Waals surface area contributed by atoms with Crippen molar-refractivity contribution in [3.8, 4) is 0 Å². The van der Waals surface area contributed by atoms with E-state index in [1.54, 1.807) is 11.9 Å². The fourth-order valence-corrected chi connectivity index (χ4v) is 2.31. The molecule has 1 heterocycles. The molecule has 0 saturated heterocycles. The van der Waals surface area contributed by atoms with Crippen molar-refractivity contribution >= 4 is 17.4 Å². The van der Waals surface area contributed by atoms with E-state index in [9.17, 15) is 14.9 Å². The van der Waals surface area contributed by atoms with Crippen LogP contribution in [0.2, 0.25) is 0 Å². The standard InChI is InChI=1S/C14H20N4O3/c1-4-15-13-7-11(12(8-16-13)18(20)21)14(19)17(3)9(2)10-5-6-10/h7-10H,4-6H2,1-3H3,(H,15,16). The van der Waals surface area contributed by atoms with Gasteiger partial charge in [0.05, 0.1) is 4.92 Å². The first-order valence-corrected chi connectivity index (χ1v) is 7.11. The highest BCUT2D eigenvalue weighted by Crippen LogP contribution is 2.35. The lowest BCUT2D eigenvalue weighted by Gasteiger charge is -2.24. The van der Waals surface area contributed by atoms with E-state index < -0.39 is 4.92 Å². The number of pyridine rings is 1. The van der Waals surface area contributed by atoms with Crippen molar-refractivity contribution in [2.24, 2.45) is 5.92 Å². The average molecular weight is 292 g/mol. The second kappa shape index (κ2) is 6.07. The minimum absolute atomic E-state index is 0.0842. The van der Waals surface area contributed by atoms with E-state index in [0.717, 1.165) is 19.0 Å². The van der Waals surface area contributed by atoms with Crippen LogP contribution < -0.4 is 5.32 Å². The fraction of sp³-hybridized carbons (Fsp3) is 0.571. The second-order valence-electron chi connectivity index (χ2n) is 5.37. The Bertz CT molecular complexity index is 557. The highest BCUT2D eigenvalue weighted by atomic mass is 16.6. The lowest BCUT2D eigenvalue weighted by atomic mass is 10.1. The molecule has 0 radical (unpaired) electrons. The minimum atomic E-state index is -0.564. The number of carbonyl (C=O) groups is 1. The minimum Gasteiger partial charge on any atom is -0.370 e. The Morgan fingerprint density at radius 2 is 2.29 bits per heavy atom. The van der Waals surface area contributed by atoms with E-state index in [1.165, 1.54) is 6.07 Å². The van der Waals surface area contributed by atoms with Crippen molar-refractivity contribution in [3.05, 3.63) is 27.9 Å². The van der Waals surface area contributed by atoms with Gasteiger partial charge in [-0.05, 0) is 32.6 Å². The van der Waals surface area contributed by atoms with E-state index >= 15 is 0 Å². The summed E-state index contributed by atoms with van der Waals surface area (Å²) in [5.41, 5.74) is -0.169. The molecule has 1 atom stereocenters. The number of amides is 1. The SMILES string of the molecule is CCNc1cc(C(=O)N(C)C(C)C2CC2)c([N+](=O)[O-])cn1. The Morgan fingerprint density at radius 3 is 2.81 bits per heavy atom. The van der Waals surface area contributed by atoms with E-state index in [0.29, 0.717) is 18.3 Å². The van der Waals surface area contributed by atoms with E-state index in [2.05, 4.69) is 10.3 Å². The molecule has 1 aromatic rings. The van der Waals surface area contributed by atoms with Crippen LogP contribution in [0, 0.1) is 16.0 Å². The van der Waals surface area contributed by atoms with Crippen LogP contribution in [0.1, 0.15) is 37.0 Å². The van der Waals surface area contributed by atoms with Crippen molar-refractivity contribution < 1.29 is 9.72 Å². The van der Waals surface area contributed by atoms with Crippen molar-refractivity contribution in [1.29, 1.82) is 0 Å².